The van der Waals surface area contributed by atoms with Gasteiger partial charge in [0.05, 0.1) is 11.6 Å². The predicted molar refractivity (Wildman–Crippen MR) is 127 cm³/mol. The van der Waals surface area contributed by atoms with Gasteiger partial charge < -0.3 is 15.1 Å². The quantitative estimate of drug-likeness (QED) is 0.470. The minimum absolute atomic E-state index is 0.0673. The second-order valence-corrected chi connectivity index (χ2v) is 8.17. The number of nitrogens with zero attached hydrogens (tertiary/aromatic N) is 7. The van der Waals surface area contributed by atoms with Crippen molar-refractivity contribution in [3.05, 3.63) is 71.8 Å². The average Bonchev–Trinajstić information content (AvgIpc) is 3.27. The van der Waals surface area contributed by atoms with Gasteiger partial charge in [0.2, 0.25) is 5.91 Å². The number of halogens is 1. The smallest absolute Gasteiger partial charge is 0.242 e. The van der Waals surface area contributed by atoms with E-state index in [1.54, 1.807) is 16.9 Å². The van der Waals surface area contributed by atoms with Crippen LogP contribution in [0.25, 0.3) is 11.0 Å². The Balaban J connectivity index is 1.26. The van der Waals surface area contributed by atoms with Crippen molar-refractivity contribution < 1.29 is 4.79 Å². The summed E-state index contributed by atoms with van der Waals surface area (Å²) in [6.07, 6.45) is 5.08. The Morgan fingerprint density at radius 1 is 0.970 bits per heavy atom. The fraction of sp³-hybridized carbons (Fsp3) is 0.261. The summed E-state index contributed by atoms with van der Waals surface area (Å²) in [7, 11) is 0. The number of amides is 1. The molecule has 10 heteroatoms. The van der Waals surface area contributed by atoms with Crippen LogP contribution in [0.15, 0.2) is 61.2 Å². The van der Waals surface area contributed by atoms with E-state index in [0.717, 1.165) is 48.8 Å². The number of rotatable bonds is 6. The average molecular weight is 463 g/mol. The first-order valence-corrected chi connectivity index (χ1v) is 11.1. The number of piperazine rings is 1. The molecule has 168 valence electrons. The molecule has 1 aliphatic heterocycles. The van der Waals surface area contributed by atoms with Crippen LogP contribution in [-0.2, 0) is 17.9 Å². The molecule has 0 radical (unpaired) electrons. The van der Waals surface area contributed by atoms with Crippen LogP contribution in [-0.4, -0.2) is 56.8 Å². The van der Waals surface area contributed by atoms with E-state index in [-0.39, 0.29) is 12.5 Å². The Hall–Kier alpha value is -3.72. The summed E-state index contributed by atoms with van der Waals surface area (Å²) < 4.78 is 1.60. The van der Waals surface area contributed by atoms with Gasteiger partial charge in [-0.05, 0) is 23.8 Å². The SMILES string of the molecule is O=C(Cn1ncc2c(N3CCN(c4ccccn4)CC3)ncnc21)NCc1ccccc1Cl. The second kappa shape index (κ2) is 9.41. The normalized spacial score (nSPS) is 14.0. The first kappa shape index (κ1) is 21.1. The Morgan fingerprint density at radius 3 is 2.55 bits per heavy atom. The van der Waals surface area contributed by atoms with Gasteiger partial charge in [-0.15, -0.1) is 0 Å². The summed E-state index contributed by atoms with van der Waals surface area (Å²) in [6.45, 7) is 3.75. The molecule has 1 N–H and O–H groups in total. The topological polar surface area (TPSA) is 92.1 Å². The van der Waals surface area contributed by atoms with Crippen molar-refractivity contribution in [2.75, 3.05) is 36.0 Å². The molecular formula is C23H23ClN8O. The van der Waals surface area contributed by atoms with E-state index in [4.69, 9.17) is 11.6 Å². The predicted octanol–water partition coefficient (Wildman–Crippen LogP) is 2.52. The van der Waals surface area contributed by atoms with E-state index >= 15 is 0 Å². The summed E-state index contributed by atoms with van der Waals surface area (Å²) in [5.41, 5.74) is 1.51. The van der Waals surface area contributed by atoms with Gasteiger partial charge in [0, 0.05) is 43.9 Å². The molecule has 0 saturated carbocycles. The van der Waals surface area contributed by atoms with Crippen molar-refractivity contribution in [2.24, 2.45) is 0 Å². The Morgan fingerprint density at radius 2 is 1.76 bits per heavy atom. The van der Waals surface area contributed by atoms with Crippen LogP contribution in [0.4, 0.5) is 11.6 Å². The number of nitrogens with one attached hydrogen (secondary N) is 1. The van der Waals surface area contributed by atoms with Crippen LogP contribution in [0, 0.1) is 0 Å². The van der Waals surface area contributed by atoms with Crippen molar-refractivity contribution >= 4 is 40.2 Å². The molecule has 4 heterocycles. The summed E-state index contributed by atoms with van der Waals surface area (Å²) in [4.78, 5) is 30.4. The van der Waals surface area contributed by atoms with Gasteiger partial charge in [-0.1, -0.05) is 35.9 Å². The van der Waals surface area contributed by atoms with Gasteiger partial charge in [0.1, 0.15) is 24.5 Å². The molecule has 1 amide bonds. The number of hydrogen-bond acceptors (Lipinski definition) is 7. The highest BCUT2D eigenvalue weighted by Crippen LogP contribution is 2.24. The van der Waals surface area contributed by atoms with Crippen LogP contribution in [0.5, 0.6) is 0 Å². The number of pyridine rings is 1. The third-order valence-corrected chi connectivity index (χ3v) is 6.06. The first-order chi connectivity index (χ1) is 16.2. The summed E-state index contributed by atoms with van der Waals surface area (Å²) in [5.74, 6) is 1.66. The highest BCUT2D eigenvalue weighted by atomic mass is 35.5. The number of carbonyl (C=O) groups excluding carboxylic acids is 1. The highest BCUT2D eigenvalue weighted by molar-refractivity contribution is 6.31. The molecule has 5 rings (SSSR count). The number of fused-ring (bicyclic) bond motifs is 1. The van der Waals surface area contributed by atoms with Gasteiger partial charge in [-0.3, -0.25) is 4.79 Å². The number of anilines is 2. The van der Waals surface area contributed by atoms with Gasteiger partial charge in [0.15, 0.2) is 5.65 Å². The Kier molecular flexibility index (Phi) is 6.03. The number of benzene rings is 1. The van der Waals surface area contributed by atoms with E-state index in [1.807, 2.05) is 42.6 Å². The molecule has 0 unspecified atom stereocenters. The van der Waals surface area contributed by atoms with Crippen molar-refractivity contribution in [3.63, 3.8) is 0 Å². The molecule has 3 aromatic heterocycles. The monoisotopic (exact) mass is 462 g/mol. The maximum atomic E-state index is 12.5. The van der Waals surface area contributed by atoms with Crippen LogP contribution >= 0.6 is 11.6 Å². The lowest BCUT2D eigenvalue weighted by Crippen LogP contribution is -2.47. The van der Waals surface area contributed by atoms with Gasteiger partial charge >= 0.3 is 0 Å². The minimum Gasteiger partial charge on any atom is -0.353 e. The molecule has 4 aromatic rings. The number of carbonyl (C=O) groups is 1. The van der Waals surface area contributed by atoms with Crippen LogP contribution in [0.1, 0.15) is 5.56 Å². The van der Waals surface area contributed by atoms with Crippen LogP contribution < -0.4 is 15.1 Å². The number of aromatic nitrogens is 5. The zero-order chi connectivity index (χ0) is 22.6. The summed E-state index contributed by atoms with van der Waals surface area (Å²) in [6, 6.07) is 13.4. The molecule has 0 spiro atoms. The second-order valence-electron chi connectivity index (χ2n) is 7.77. The molecule has 0 bridgehead atoms. The summed E-state index contributed by atoms with van der Waals surface area (Å²) in [5, 5.41) is 8.76. The zero-order valence-corrected chi connectivity index (χ0v) is 18.7. The Bertz CT molecular complexity index is 1250. The third kappa shape index (κ3) is 4.58. The van der Waals surface area contributed by atoms with Crippen molar-refractivity contribution in [1.82, 2.24) is 30.0 Å². The lowest BCUT2D eigenvalue weighted by molar-refractivity contribution is -0.121. The van der Waals surface area contributed by atoms with E-state index in [2.05, 4.69) is 35.2 Å². The highest BCUT2D eigenvalue weighted by Gasteiger charge is 2.22. The van der Waals surface area contributed by atoms with Crippen molar-refractivity contribution in [2.45, 2.75) is 13.1 Å². The van der Waals surface area contributed by atoms with E-state index in [9.17, 15) is 4.79 Å². The van der Waals surface area contributed by atoms with Crippen molar-refractivity contribution in [1.29, 1.82) is 0 Å². The minimum atomic E-state index is -0.163. The molecule has 1 saturated heterocycles. The Labute approximate surface area is 196 Å². The first-order valence-electron chi connectivity index (χ1n) is 10.8. The molecule has 1 aliphatic rings. The molecular weight excluding hydrogens is 440 g/mol. The lowest BCUT2D eigenvalue weighted by Gasteiger charge is -2.36. The molecule has 9 nitrogen and oxygen atoms in total. The molecule has 0 atom stereocenters. The van der Waals surface area contributed by atoms with Gasteiger partial charge in [-0.2, -0.15) is 5.10 Å². The van der Waals surface area contributed by atoms with E-state index in [1.165, 1.54) is 6.33 Å². The lowest BCUT2D eigenvalue weighted by atomic mass is 10.2. The molecule has 1 aromatic carbocycles. The maximum Gasteiger partial charge on any atom is 0.242 e. The molecule has 33 heavy (non-hydrogen) atoms. The largest absolute Gasteiger partial charge is 0.353 e. The fourth-order valence-corrected chi connectivity index (χ4v) is 4.17. The third-order valence-electron chi connectivity index (χ3n) is 5.69. The van der Waals surface area contributed by atoms with Gasteiger partial charge in [0.25, 0.3) is 0 Å². The van der Waals surface area contributed by atoms with Crippen molar-refractivity contribution in [3.8, 4) is 0 Å². The summed E-state index contributed by atoms with van der Waals surface area (Å²) >= 11 is 6.17. The van der Waals surface area contributed by atoms with E-state index < -0.39 is 0 Å². The van der Waals surface area contributed by atoms with Crippen LogP contribution in [0.2, 0.25) is 5.02 Å². The molecule has 1 fully saturated rings. The fourth-order valence-electron chi connectivity index (χ4n) is 3.96. The van der Waals surface area contributed by atoms with Crippen LogP contribution in [0.3, 0.4) is 0 Å². The van der Waals surface area contributed by atoms with E-state index in [0.29, 0.717) is 17.2 Å². The van der Waals surface area contributed by atoms with Gasteiger partial charge in [-0.25, -0.2) is 19.6 Å². The standard InChI is InChI=1S/C23H23ClN8O/c24-19-6-2-1-5-17(19)13-26-21(33)15-32-23-18(14-29-32)22(27-16-28-23)31-11-9-30(10-12-31)20-7-3-4-8-25-20/h1-8,14,16H,9-13,15H2,(H,26,33). The maximum absolute atomic E-state index is 12.5. The number of hydrogen-bond donors (Lipinski definition) is 1. The zero-order valence-electron chi connectivity index (χ0n) is 17.9. The molecule has 0 aliphatic carbocycles.